The first-order valence-corrected chi connectivity index (χ1v) is 10.6. The molecule has 1 aromatic heterocycles. The second kappa shape index (κ2) is 8.57. The SMILES string of the molecule is N#Cc1cc(Cl)ccc1NCCS(=O)(=O)N1CCN(c2ccccn2)CC1. The molecule has 1 aromatic carbocycles. The Kier molecular flexibility index (Phi) is 6.16. The van der Waals surface area contributed by atoms with Gasteiger partial charge in [-0.05, 0) is 30.3 Å². The van der Waals surface area contributed by atoms with Gasteiger partial charge in [0.25, 0.3) is 0 Å². The van der Waals surface area contributed by atoms with Crippen LogP contribution in [0.15, 0.2) is 42.6 Å². The van der Waals surface area contributed by atoms with Crippen molar-refractivity contribution in [2.75, 3.05) is 48.7 Å². The molecule has 0 aliphatic carbocycles. The Morgan fingerprint density at radius 1 is 1.19 bits per heavy atom. The number of sulfonamides is 1. The van der Waals surface area contributed by atoms with Gasteiger partial charge >= 0.3 is 0 Å². The highest BCUT2D eigenvalue weighted by Crippen LogP contribution is 2.20. The Bertz CT molecular complexity index is 923. The van der Waals surface area contributed by atoms with Crippen molar-refractivity contribution in [3.63, 3.8) is 0 Å². The van der Waals surface area contributed by atoms with Gasteiger partial charge in [0, 0.05) is 43.9 Å². The number of nitrogens with one attached hydrogen (secondary N) is 1. The zero-order valence-corrected chi connectivity index (χ0v) is 16.2. The maximum Gasteiger partial charge on any atom is 0.215 e. The number of halogens is 1. The lowest BCUT2D eigenvalue weighted by molar-refractivity contribution is 0.384. The summed E-state index contributed by atoms with van der Waals surface area (Å²) in [5, 5.41) is 12.6. The topological polar surface area (TPSA) is 89.3 Å². The molecule has 3 rings (SSSR count). The van der Waals surface area contributed by atoms with E-state index in [1.165, 1.54) is 4.31 Å². The molecule has 1 aliphatic heterocycles. The molecular formula is C18H20ClN5O2S. The highest BCUT2D eigenvalue weighted by Gasteiger charge is 2.27. The average Bonchev–Trinajstić information content (AvgIpc) is 2.69. The predicted octanol–water partition coefficient (Wildman–Crippen LogP) is 2.17. The van der Waals surface area contributed by atoms with Gasteiger partial charge in [-0.3, -0.25) is 0 Å². The summed E-state index contributed by atoms with van der Waals surface area (Å²) in [7, 11) is -3.37. The summed E-state index contributed by atoms with van der Waals surface area (Å²) >= 11 is 5.87. The number of rotatable bonds is 6. The Labute approximate surface area is 164 Å². The molecule has 2 aromatic rings. The molecule has 1 saturated heterocycles. The van der Waals surface area contributed by atoms with Crippen LogP contribution in [0, 0.1) is 11.3 Å². The molecule has 0 saturated carbocycles. The molecule has 9 heteroatoms. The van der Waals surface area contributed by atoms with Crippen molar-refractivity contribution in [1.29, 1.82) is 5.26 Å². The smallest absolute Gasteiger partial charge is 0.215 e. The number of pyridine rings is 1. The summed E-state index contributed by atoms with van der Waals surface area (Å²) < 4.78 is 26.7. The Morgan fingerprint density at radius 2 is 1.96 bits per heavy atom. The van der Waals surface area contributed by atoms with Gasteiger partial charge in [-0.2, -0.15) is 9.57 Å². The maximum absolute atomic E-state index is 12.6. The van der Waals surface area contributed by atoms with Crippen molar-refractivity contribution < 1.29 is 8.42 Å². The molecule has 1 N–H and O–H groups in total. The van der Waals surface area contributed by atoms with Crippen molar-refractivity contribution in [1.82, 2.24) is 9.29 Å². The van der Waals surface area contributed by atoms with Crippen molar-refractivity contribution >= 4 is 33.1 Å². The molecule has 27 heavy (non-hydrogen) atoms. The van der Waals surface area contributed by atoms with Gasteiger partial charge in [-0.25, -0.2) is 13.4 Å². The van der Waals surface area contributed by atoms with Crippen LogP contribution in [0.4, 0.5) is 11.5 Å². The first-order valence-electron chi connectivity index (χ1n) is 8.57. The molecule has 0 atom stereocenters. The molecular weight excluding hydrogens is 386 g/mol. The van der Waals surface area contributed by atoms with Crippen molar-refractivity contribution in [2.45, 2.75) is 0 Å². The van der Waals surface area contributed by atoms with E-state index in [0.29, 0.717) is 42.5 Å². The molecule has 142 valence electrons. The zero-order valence-electron chi connectivity index (χ0n) is 14.7. The molecule has 0 bridgehead atoms. The lowest BCUT2D eigenvalue weighted by Gasteiger charge is -2.34. The molecule has 1 aliphatic rings. The zero-order chi connectivity index (χ0) is 19.3. The highest BCUT2D eigenvalue weighted by molar-refractivity contribution is 7.89. The van der Waals surface area contributed by atoms with E-state index < -0.39 is 10.0 Å². The fourth-order valence-corrected chi connectivity index (χ4v) is 4.45. The van der Waals surface area contributed by atoms with Gasteiger partial charge in [0.2, 0.25) is 10.0 Å². The summed E-state index contributed by atoms with van der Waals surface area (Å²) in [4.78, 5) is 6.39. The van der Waals surface area contributed by atoms with Crippen LogP contribution in [-0.4, -0.2) is 56.2 Å². The second-order valence-corrected chi connectivity index (χ2v) is 8.64. The van der Waals surface area contributed by atoms with E-state index >= 15 is 0 Å². The number of nitriles is 1. The molecule has 7 nitrogen and oxygen atoms in total. The molecule has 1 fully saturated rings. The highest BCUT2D eigenvalue weighted by atomic mass is 35.5. The van der Waals surface area contributed by atoms with Crippen LogP contribution >= 0.6 is 11.6 Å². The fourth-order valence-electron chi connectivity index (χ4n) is 2.94. The number of anilines is 2. The van der Waals surface area contributed by atoms with Crippen LogP contribution in [0.2, 0.25) is 5.02 Å². The van der Waals surface area contributed by atoms with E-state index in [4.69, 9.17) is 16.9 Å². The van der Waals surface area contributed by atoms with Crippen LogP contribution < -0.4 is 10.2 Å². The number of hydrogen-bond donors (Lipinski definition) is 1. The summed E-state index contributed by atoms with van der Waals surface area (Å²) in [6.07, 6.45) is 1.73. The summed E-state index contributed by atoms with van der Waals surface area (Å²) in [6.45, 7) is 2.31. The third kappa shape index (κ3) is 4.89. The minimum Gasteiger partial charge on any atom is -0.383 e. The summed E-state index contributed by atoms with van der Waals surface area (Å²) in [5.74, 6) is 0.826. The van der Waals surface area contributed by atoms with Crippen molar-refractivity contribution in [3.8, 4) is 6.07 Å². The number of benzene rings is 1. The number of hydrogen-bond acceptors (Lipinski definition) is 6. The minimum atomic E-state index is -3.37. The Morgan fingerprint density at radius 3 is 2.63 bits per heavy atom. The number of nitrogens with zero attached hydrogens (tertiary/aromatic N) is 4. The molecule has 0 radical (unpaired) electrons. The third-order valence-electron chi connectivity index (χ3n) is 4.38. The first kappa shape index (κ1) is 19.4. The molecule has 0 amide bonds. The van der Waals surface area contributed by atoms with Gasteiger partial charge in [0.15, 0.2) is 0 Å². The van der Waals surface area contributed by atoms with Crippen LogP contribution in [0.3, 0.4) is 0 Å². The van der Waals surface area contributed by atoms with E-state index in [0.717, 1.165) is 5.82 Å². The average molecular weight is 406 g/mol. The Balaban J connectivity index is 1.53. The number of aromatic nitrogens is 1. The van der Waals surface area contributed by atoms with Gasteiger partial charge in [-0.15, -0.1) is 0 Å². The van der Waals surface area contributed by atoms with E-state index in [1.54, 1.807) is 24.4 Å². The maximum atomic E-state index is 12.6. The molecule has 0 unspecified atom stereocenters. The standard InChI is InChI=1S/C18H20ClN5O2S/c19-16-4-5-17(15(13-16)14-20)21-7-12-27(25,26)24-10-8-23(9-11-24)18-3-1-2-6-22-18/h1-6,13,21H,7-12H2. The van der Waals surface area contributed by atoms with Gasteiger partial charge in [0.05, 0.1) is 17.0 Å². The number of piperazine rings is 1. The lowest BCUT2D eigenvalue weighted by atomic mass is 10.2. The first-order chi connectivity index (χ1) is 13.0. The monoisotopic (exact) mass is 405 g/mol. The summed E-state index contributed by atoms with van der Waals surface area (Å²) in [6, 6.07) is 12.6. The van der Waals surface area contributed by atoms with E-state index in [9.17, 15) is 8.42 Å². The van der Waals surface area contributed by atoms with Crippen molar-refractivity contribution in [3.05, 3.63) is 53.2 Å². The van der Waals surface area contributed by atoms with Gasteiger partial charge in [0.1, 0.15) is 11.9 Å². The fraction of sp³-hybridized carbons (Fsp3) is 0.333. The van der Waals surface area contributed by atoms with E-state index in [1.807, 2.05) is 24.3 Å². The predicted molar refractivity (Wildman–Crippen MR) is 106 cm³/mol. The summed E-state index contributed by atoms with van der Waals surface area (Å²) in [5.41, 5.74) is 0.973. The minimum absolute atomic E-state index is 0.0376. The largest absolute Gasteiger partial charge is 0.383 e. The molecule has 2 heterocycles. The van der Waals surface area contributed by atoms with Crippen LogP contribution in [0.5, 0.6) is 0 Å². The van der Waals surface area contributed by atoms with Crippen molar-refractivity contribution in [2.24, 2.45) is 0 Å². The molecule has 0 spiro atoms. The normalized spacial score (nSPS) is 15.3. The van der Waals surface area contributed by atoms with Crippen LogP contribution in [-0.2, 0) is 10.0 Å². The quantitative estimate of drug-likeness (QED) is 0.792. The second-order valence-electron chi connectivity index (χ2n) is 6.12. The van der Waals surface area contributed by atoms with Gasteiger partial charge in [-0.1, -0.05) is 17.7 Å². The van der Waals surface area contributed by atoms with Gasteiger partial charge < -0.3 is 10.2 Å². The van der Waals surface area contributed by atoms with E-state index in [2.05, 4.69) is 15.2 Å². The van der Waals surface area contributed by atoms with Crippen LogP contribution in [0.1, 0.15) is 5.56 Å². The third-order valence-corrected chi connectivity index (χ3v) is 6.49. The van der Waals surface area contributed by atoms with Crippen LogP contribution in [0.25, 0.3) is 0 Å². The Hall–Kier alpha value is -2.34. The lowest BCUT2D eigenvalue weighted by Crippen LogP contribution is -2.50. The van der Waals surface area contributed by atoms with E-state index in [-0.39, 0.29) is 12.3 Å².